The van der Waals surface area contributed by atoms with Gasteiger partial charge in [-0.05, 0) is 34.7 Å². The molecule has 0 saturated heterocycles. The first-order valence-electron chi connectivity index (χ1n) is 8.67. The third kappa shape index (κ3) is 2.37. The smallest absolute Gasteiger partial charge is 0.115 e. The van der Waals surface area contributed by atoms with Gasteiger partial charge in [-0.3, -0.25) is 0 Å². The zero-order chi connectivity index (χ0) is 18.6. The average molecular weight is 229 g/mol. The number of furan rings is 1. The Morgan fingerprint density at radius 2 is 2.73 bits per heavy atom. The van der Waals surface area contributed by atoms with Gasteiger partial charge < -0.3 is 4.42 Å². The van der Waals surface area contributed by atoms with E-state index in [-0.39, 0.29) is 4.47 Å². The van der Waals surface area contributed by atoms with Crippen LogP contribution in [-0.4, -0.2) is 0 Å². The van der Waals surface area contributed by atoms with Crippen LogP contribution in [0.1, 0.15) is 41.7 Å². The van der Waals surface area contributed by atoms with Gasteiger partial charge in [-0.1, -0.05) is 13.7 Å². The van der Waals surface area contributed by atoms with Gasteiger partial charge >= 0.3 is 0 Å². The highest BCUT2D eigenvalue weighted by molar-refractivity contribution is 9.10. The number of hydrogen-bond donors (Lipinski definition) is 0. The topological polar surface area (TPSA) is 13.1 Å². The molecule has 0 N–H and O–H groups in total. The van der Waals surface area contributed by atoms with Crippen LogP contribution in [-0.2, 0) is 6.37 Å². The van der Waals surface area contributed by atoms with Crippen LogP contribution in [0, 0.1) is 12.7 Å². The molecule has 0 amide bonds. The molecule has 1 aromatic heterocycles. The minimum Gasteiger partial charge on any atom is -0.465 e. The molecular weight excluding hydrogens is 204 g/mol. The predicted molar refractivity (Wildman–Crippen MR) is 49.7 cm³/mol. The Hall–Kier alpha value is -0.240. The van der Waals surface area contributed by atoms with Crippen molar-refractivity contribution in [1.29, 1.82) is 0 Å². The Balaban J connectivity index is 3.62. The zero-order valence-corrected chi connectivity index (χ0v) is 6.95. The molecule has 2 heteroatoms. The van der Waals surface area contributed by atoms with Crippen molar-refractivity contribution >= 4 is 15.9 Å². The summed E-state index contributed by atoms with van der Waals surface area (Å²) in [5.74, 6) is -5.08. The fourth-order valence-corrected chi connectivity index (χ4v) is 0.842. The second-order valence-electron chi connectivity index (χ2n) is 1.79. The summed E-state index contributed by atoms with van der Waals surface area (Å²) in [5, 5.41) is 0. The number of hydrogen-bond acceptors (Lipinski definition) is 1. The van der Waals surface area contributed by atoms with Gasteiger partial charge in [-0.2, -0.15) is 0 Å². The maximum atomic E-state index is 7.91. The van der Waals surface area contributed by atoms with Crippen LogP contribution in [0.4, 0.5) is 0 Å². The average Bonchev–Trinajstić information content (AvgIpc) is 2.67. The van der Waals surface area contributed by atoms with Crippen LogP contribution in [0.15, 0.2) is 15.0 Å². The number of aryl methyl sites for hydroxylation is 1. The monoisotopic (exact) mass is 228 g/mol. The van der Waals surface area contributed by atoms with Crippen LogP contribution in [0.5, 0.6) is 0 Å². The Bertz CT molecular complexity index is 563. The van der Waals surface area contributed by atoms with Gasteiger partial charge in [0.1, 0.15) is 11.5 Å². The molecule has 0 aliphatic heterocycles. The molecule has 0 atom stereocenters. The van der Waals surface area contributed by atoms with Crippen LogP contribution in [0.2, 0.25) is 0 Å². The van der Waals surface area contributed by atoms with Crippen molar-refractivity contribution < 1.29 is 20.9 Å². The van der Waals surface area contributed by atoms with Gasteiger partial charge in [0.25, 0.3) is 0 Å². The lowest BCUT2D eigenvalue weighted by atomic mass is 10.1. The molecule has 0 spiro atoms. The van der Waals surface area contributed by atoms with Crippen molar-refractivity contribution in [3.05, 3.63) is 22.1 Å². The summed E-state index contributed by atoms with van der Waals surface area (Å²) in [7, 11) is 0. The van der Waals surface area contributed by atoms with Crippen LogP contribution < -0.4 is 0 Å². The minimum absolute atomic E-state index is 0.171. The highest BCUT2D eigenvalue weighted by Gasteiger charge is 2.05. The Labute approximate surface area is 92.8 Å². The van der Waals surface area contributed by atoms with Crippen molar-refractivity contribution in [1.82, 2.24) is 0 Å². The van der Waals surface area contributed by atoms with Crippen LogP contribution >= 0.6 is 15.9 Å². The summed E-state index contributed by atoms with van der Waals surface area (Å²) in [4.78, 5) is 0. The first-order valence-corrected chi connectivity index (χ1v) is 3.47. The fourth-order valence-electron chi connectivity index (χ4n) is 0.554. The van der Waals surface area contributed by atoms with E-state index in [9.17, 15) is 0 Å². The van der Waals surface area contributed by atoms with Crippen molar-refractivity contribution in [2.45, 2.75) is 26.9 Å². The lowest BCUT2D eigenvalue weighted by Crippen LogP contribution is -1.90. The molecule has 0 saturated carbocycles. The maximum absolute atomic E-state index is 7.91. The first kappa shape index (κ1) is 1.98. The molecule has 1 aromatic rings. The summed E-state index contributed by atoms with van der Waals surface area (Å²) in [6.45, 7) is -9.82. The van der Waals surface area contributed by atoms with E-state index in [2.05, 4.69) is 15.9 Å². The molecule has 0 radical (unpaired) electrons. The molecule has 0 unspecified atom stereocenters. The van der Waals surface area contributed by atoms with Gasteiger partial charge in [0.15, 0.2) is 0 Å². The Morgan fingerprint density at radius 1 is 1.91 bits per heavy atom. The first-order chi connectivity index (χ1) is 9.87. The third-order valence-corrected chi connectivity index (χ3v) is 1.52. The highest BCUT2D eigenvalue weighted by atomic mass is 79.9. The van der Waals surface area contributed by atoms with Crippen molar-refractivity contribution in [3.8, 4) is 0 Å². The molecule has 11 heavy (non-hydrogen) atoms. The predicted octanol–water partition coefficient (Wildman–Crippen LogP) is 3.55. The largest absolute Gasteiger partial charge is 0.465 e. The summed E-state index contributed by atoms with van der Waals surface area (Å²) in [5.41, 5.74) is 0. The van der Waals surface area contributed by atoms with E-state index in [1.54, 1.807) is 0 Å². The van der Waals surface area contributed by atoms with Crippen molar-refractivity contribution in [3.63, 3.8) is 0 Å². The van der Waals surface area contributed by atoms with Gasteiger partial charge in [0.2, 0.25) is 0 Å². The fraction of sp³-hybridized carbons (Fsp3) is 0.556. The SMILES string of the molecule is [2H]C([2H])([2H])c1oc(C([2H])([2H])C([2H])(C([2H])([2H])[2H])C([2H])([2H])[2H])cc1Br. The van der Waals surface area contributed by atoms with E-state index in [0.29, 0.717) is 0 Å². The van der Waals surface area contributed by atoms with Gasteiger partial charge in [-0.25, -0.2) is 0 Å². The highest BCUT2D eigenvalue weighted by Crippen LogP contribution is 2.22. The number of rotatable bonds is 2. The summed E-state index contributed by atoms with van der Waals surface area (Å²) < 4.78 is 94.0. The van der Waals surface area contributed by atoms with Crippen LogP contribution in [0.3, 0.4) is 0 Å². The van der Waals surface area contributed by atoms with Crippen molar-refractivity contribution in [2.75, 3.05) is 0 Å². The molecule has 62 valence electrons. The lowest BCUT2D eigenvalue weighted by Gasteiger charge is -1.98. The Morgan fingerprint density at radius 3 is 3.27 bits per heavy atom. The van der Waals surface area contributed by atoms with E-state index < -0.39 is 44.3 Å². The minimum atomic E-state index is -3.56. The van der Waals surface area contributed by atoms with Gasteiger partial charge in [0.05, 0.1) is 4.47 Å². The molecule has 0 aromatic carbocycles. The van der Waals surface area contributed by atoms with Gasteiger partial charge in [-0.15, -0.1) is 0 Å². The normalized spacial score (nSPS) is 32.8. The van der Waals surface area contributed by atoms with E-state index in [4.69, 9.17) is 20.9 Å². The van der Waals surface area contributed by atoms with E-state index in [1.807, 2.05) is 0 Å². The van der Waals surface area contributed by atoms with E-state index >= 15 is 0 Å². The van der Waals surface area contributed by atoms with Crippen molar-refractivity contribution in [2.24, 2.45) is 5.89 Å². The summed E-state index contributed by atoms with van der Waals surface area (Å²) in [6.07, 6.45) is -3.31. The standard InChI is InChI=1S/C9H13BrO/c1-6(2)4-8-5-9(10)7(3)11-8/h5-6H,4H2,1-3H3/i1D3,2D3,3D3,4D2,6D. The van der Waals surface area contributed by atoms with Crippen LogP contribution in [0.25, 0.3) is 0 Å². The van der Waals surface area contributed by atoms with E-state index in [0.717, 1.165) is 6.07 Å². The summed E-state index contributed by atoms with van der Waals surface area (Å²) in [6, 6.07) is 0.836. The quantitative estimate of drug-likeness (QED) is 0.755. The van der Waals surface area contributed by atoms with Gasteiger partial charge in [0, 0.05) is 22.8 Å². The molecule has 0 aliphatic rings. The molecule has 1 heterocycles. The second-order valence-corrected chi connectivity index (χ2v) is 2.64. The molecular formula is C9H13BrO. The molecule has 1 nitrogen and oxygen atoms in total. The molecule has 0 bridgehead atoms. The molecule has 0 aliphatic carbocycles. The third-order valence-electron chi connectivity index (χ3n) is 0.935. The Kier molecular flexibility index (Phi) is 0.618. The second kappa shape index (κ2) is 3.44. The summed E-state index contributed by atoms with van der Waals surface area (Å²) >= 11 is 2.85. The number of halogens is 1. The molecule has 0 fully saturated rings. The maximum Gasteiger partial charge on any atom is 0.115 e. The lowest BCUT2D eigenvalue weighted by molar-refractivity contribution is 0.452. The zero-order valence-electron chi connectivity index (χ0n) is 17.4. The van der Waals surface area contributed by atoms with E-state index in [1.165, 1.54) is 0 Å². The molecule has 1 rings (SSSR count).